The zero-order valence-electron chi connectivity index (χ0n) is 8.16. The van der Waals surface area contributed by atoms with Crippen molar-refractivity contribution in [1.82, 2.24) is 4.90 Å². The molecule has 5 heteroatoms. The van der Waals surface area contributed by atoms with Gasteiger partial charge in [-0.3, -0.25) is 4.79 Å². The van der Waals surface area contributed by atoms with Gasteiger partial charge in [0.15, 0.2) is 0 Å². The van der Waals surface area contributed by atoms with E-state index in [4.69, 9.17) is 16.3 Å². The number of carbonyl (C=O) groups is 1. The van der Waals surface area contributed by atoms with E-state index in [1.807, 2.05) is 0 Å². The van der Waals surface area contributed by atoms with Crippen LogP contribution in [0.4, 0.5) is 0 Å². The Morgan fingerprint density at radius 3 is 2.62 bits per heavy atom. The monoisotopic (exact) mass is 209 g/mol. The summed E-state index contributed by atoms with van der Waals surface area (Å²) in [6.07, 6.45) is -0.658. The van der Waals surface area contributed by atoms with Crippen LogP contribution in [0.5, 0.6) is 0 Å². The number of aliphatic hydroxyl groups excluding tert-OH is 1. The normalized spacial score (nSPS) is 15.2. The number of likely N-dealkylation sites (N-methyl/N-ethyl adjacent to an activating group) is 1. The Bertz CT molecular complexity index is 163. The lowest BCUT2D eigenvalue weighted by Gasteiger charge is -2.21. The van der Waals surface area contributed by atoms with E-state index < -0.39 is 11.5 Å². The molecule has 1 amide bonds. The van der Waals surface area contributed by atoms with Gasteiger partial charge in [0, 0.05) is 20.7 Å². The van der Waals surface area contributed by atoms with Crippen LogP contribution < -0.4 is 0 Å². The largest absolute Gasteiger partial charge is 0.389 e. The zero-order chi connectivity index (χ0) is 10.4. The van der Waals surface area contributed by atoms with Gasteiger partial charge in [-0.05, 0) is 6.92 Å². The number of carbonyl (C=O) groups excluding carboxylic acids is 1. The van der Waals surface area contributed by atoms with Crippen LogP contribution in [0, 0.1) is 0 Å². The van der Waals surface area contributed by atoms with E-state index in [-0.39, 0.29) is 19.1 Å². The Balaban J connectivity index is 3.85. The molecule has 13 heavy (non-hydrogen) atoms. The number of methoxy groups -OCH3 is 1. The molecule has 78 valence electrons. The first kappa shape index (κ1) is 12.7. The highest BCUT2D eigenvalue weighted by Gasteiger charge is 2.17. The number of ether oxygens (including phenoxy) is 1. The lowest BCUT2D eigenvalue weighted by atomic mass is 10.3. The maximum absolute atomic E-state index is 11.2. The van der Waals surface area contributed by atoms with Crippen molar-refractivity contribution in [2.75, 3.05) is 27.3 Å². The summed E-state index contributed by atoms with van der Waals surface area (Å²) in [6, 6.07) is 0. The minimum absolute atomic E-state index is 0.197. The molecule has 2 unspecified atom stereocenters. The van der Waals surface area contributed by atoms with Crippen molar-refractivity contribution in [3.63, 3.8) is 0 Å². The molecule has 0 aliphatic heterocycles. The Labute approximate surface area is 83.4 Å². The van der Waals surface area contributed by atoms with Gasteiger partial charge in [0.05, 0.1) is 12.7 Å². The van der Waals surface area contributed by atoms with Gasteiger partial charge in [0.2, 0.25) is 5.91 Å². The molecule has 0 bridgehead atoms. The first-order chi connectivity index (χ1) is 5.99. The van der Waals surface area contributed by atoms with Crippen molar-refractivity contribution in [2.45, 2.75) is 18.4 Å². The van der Waals surface area contributed by atoms with Crippen LogP contribution in [-0.4, -0.2) is 54.7 Å². The van der Waals surface area contributed by atoms with Crippen molar-refractivity contribution in [3.05, 3.63) is 0 Å². The van der Waals surface area contributed by atoms with Crippen molar-refractivity contribution in [3.8, 4) is 0 Å². The Morgan fingerprint density at radius 1 is 1.69 bits per heavy atom. The van der Waals surface area contributed by atoms with Gasteiger partial charge in [-0.2, -0.15) is 0 Å². The predicted molar refractivity (Wildman–Crippen MR) is 50.8 cm³/mol. The molecular weight excluding hydrogens is 194 g/mol. The Morgan fingerprint density at radius 2 is 2.23 bits per heavy atom. The summed E-state index contributed by atoms with van der Waals surface area (Å²) in [5.74, 6) is -0.197. The summed E-state index contributed by atoms with van der Waals surface area (Å²) >= 11 is 5.58. The van der Waals surface area contributed by atoms with Crippen LogP contribution in [0.2, 0.25) is 0 Å². The van der Waals surface area contributed by atoms with Crippen LogP contribution >= 0.6 is 11.6 Å². The van der Waals surface area contributed by atoms with E-state index >= 15 is 0 Å². The number of alkyl halides is 1. The fraction of sp³-hybridized carbons (Fsp3) is 0.875. The third-order valence-corrected chi connectivity index (χ3v) is 1.75. The Kier molecular flexibility index (Phi) is 6.03. The van der Waals surface area contributed by atoms with Gasteiger partial charge in [-0.1, -0.05) is 0 Å². The summed E-state index contributed by atoms with van der Waals surface area (Å²) < 4.78 is 4.72. The summed E-state index contributed by atoms with van der Waals surface area (Å²) in [6.45, 7) is 2.06. The molecule has 0 aromatic carbocycles. The number of amides is 1. The molecule has 0 rings (SSSR count). The standard InChI is InChI=1S/C8H16ClNO3/c1-6(9)8(12)10(2)4-7(11)5-13-3/h6-7,11H,4-5H2,1-3H3. The van der Waals surface area contributed by atoms with Crippen molar-refractivity contribution >= 4 is 17.5 Å². The smallest absolute Gasteiger partial charge is 0.240 e. The molecule has 0 heterocycles. The van der Waals surface area contributed by atoms with Gasteiger partial charge < -0.3 is 14.7 Å². The summed E-state index contributed by atoms with van der Waals surface area (Å²) in [5.41, 5.74) is 0. The zero-order valence-corrected chi connectivity index (χ0v) is 8.91. The number of hydrogen-bond acceptors (Lipinski definition) is 3. The van der Waals surface area contributed by atoms with Gasteiger partial charge in [-0.25, -0.2) is 0 Å². The van der Waals surface area contributed by atoms with Crippen LogP contribution in [0.25, 0.3) is 0 Å². The maximum atomic E-state index is 11.2. The van der Waals surface area contributed by atoms with Gasteiger partial charge >= 0.3 is 0 Å². The molecule has 0 spiro atoms. The third kappa shape index (κ3) is 5.08. The van der Waals surface area contributed by atoms with Crippen molar-refractivity contribution in [2.24, 2.45) is 0 Å². The lowest BCUT2D eigenvalue weighted by molar-refractivity contribution is -0.130. The quantitative estimate of drug-likeness (QED) is 0.653. The highest BCUT2D eigenvalue weighted by molar-refractivity contribution is 6.30. The molecule has 1 N–H and O–H groups in total. The second-order valence-corrected chi connectivity index (χ2v) is 3.60. The van der Waals surface area contributed by atoms with E-state index in [0.29, 0.717) is 0 Å². The molecule has 0 saturated carbocycles. The number of rotatable bonds is 5. The molecule has 0 aromatic heterocycles. The van der Waals surface area contributed by atoms with Gasteiger partial charge in [-0.15, -0.1) is 11.6 Å². The molecule has 4 nitrogen and oxygen atoms in total. The molecule has 0 aliphatic carbocycles. The fourth-order valence-corrected chi connectivity index (χ4v) is 1.12. The van der Waals surface area contributed by atoms with E-state index in [1.54, 1.807) is 14.0 Å². The average Bonchev–Trinajstić information content (AvgIpc) is 2.03. The number of halogens is 1. The van der Waals surface area contributed by atoms with Gasteiger partial charge in [0.25, 0.3) is 0 Å². The Hall–Kier alpha value is -0.320. The molecule has 0 aromatic rings. The predicted octanol–water partition coefficient (Wildman–Crippen LogP) is 0.0794. The average molecular weight is 210 g/mol. The molecule has 0 saturated heterocycles. The topological polar surface area (TPSA) is 49.8 Å². The van der Waals surface area contributed by atoms with Gasteiger partial charge in [0.1, 0.15) is 5.38 Å². The van der Waals surface area contributed by atoms with E-state index in [9.17, 15) is 9.90 Å². The SMILES string of the molecule is COCC(O)CN(C)C(=O)C(C)Cl. The van der Waals surface area contributed by atoms with E-state index in [0.717, 1.165) is 0 Å². The molecule has 0 fully saturated rings. The molecular formula is C8H16ClNO3. The highest BCUT2D eigenvalue weighted by atomic mass is 35.5. The molecule has 0 radical (unpaired) electrons. The molecule has 2 atom stereocenters. The fourth-order valence-electron chi connectivity index (χ4n) is 0.955. The maximum Gasteiger partial charge on any atom is 0.240 e. The van der Waals surface area contributed by atoms with Crippen molar-refractivity contribution in [1.29, 1.82) is 0 Å². The summed E-state index contributed by atoms with van der Waals surface area (Å²) in [4.78, 5) is 12.6. The van der Waals surface area contributed by atoms with Crippen LogP contribution in [0.3, 0.4) is 0 Å². The first-order valence-electron chi connectivity index (χ1n) is 4.05. The number of nitrogens with zero attached hydrogens (tertiary/aromatic N) is 1. The summed E-state index contributed by atoms with van der Waals surface area (Å²) in [5, 5.41) is 8.73. The van der Waals surface area contributed by atoms with Crippen LogP contribution in [0.15, 0.2) is 0 Å². The number of aliphatic hydroxyl groups is 1. The van der Waals surface area contributed by atoms with E-state index in [2.05, 4.69) is 0 Å². The van der Waals surface area contributed by atoms with E-state index in [1.165, 1.54) is 12.0 Å². The summed E-state index contributed by atoms with van der Waals surface area (Å²) in [7, 11) is 3.09. The minimum atomic E-state index is -0.658. The second-order valence-electron chi connectivity index (χ2n) is 2.94. The van der Waals surface area contributed by atoms with Crippen molar-refractivity contribution < 1.29 is 14.6 Å². The second kappa shape index (κ2) is 6.18. The highest BCUT2D eigenvalue weighted by Crippen LogP contribution is 2.00. The first-order valence-corrected chi connectivity index (χ1v) is 4.48. The van der Waals surface area contributed by atoms with Crippen LogP contribution in [0.1, 0.15) is 6.92 Å². The molecule has 0 aliphatic rings. The van der Waals surface area contributed by atoms with Crippen LogP contribution in [-0.2, 0) is 9.53 Å². The minimum Gasteiger partial charge on any atom is -0.389 e. The lowest BCUT2D eigenvalue weighted by Crippen LogP contribution is -2.39. The number of hydrogen-bond donors (Lipinski definition) is 1. The third-order valence-electron chi connectivity index (χ3n) is 1.56.